The summed E-state index contributed by atoms with van der Waals surface area (Å²) in [5, 5.41) is 2.35. The minimum absolute atomic E-state index is 0.209. The van der Waals surface area contributed by atoms with Crippen molar-refractivity contribution in [3.8, 4) is 5.75 Å². The zero-order valence-electron chi connectivity index (χ0n) is 22.6. The van der Waals surface area contributed by atoms with Crippen molar-refractivity contribution in [3.05, 3.63) is 42.5 Å². The van der Waals surface area contributed by atoms with Crippen LogP contribution in [-0.4, -0.2) is 74.7 Å². The van der Waals surface area contributed by atoms with Crippen LogP contribution in [0.3, 0.4) is 0 Å². The van der Waals surface area contributed by atoms with Crippen molar-refractivity contribution in [2.24, 2.45) is 0 Å². The van der Waals surface area contributed by atoms with Gasteiger partial charge in [0.05, 0.1) is 19.8 Å². The molecule has 0 radical (unpaired) electrons. The Morgan fingerprint density at radius 3 is 2.47 bits per heavy atom. The Balaban J connectivity index is 1.01. The molecule has 9 heteroatoms. The van der Waals surface area contributed by atoms with Crippen molar-refractivity contribution in [3.63, 3.8) is 0 Å². The largest absolute Gasteiger partial charge is 0.494 e. The minimum Gasteiger partial charge on any atom is -0.494 e. The van der Waals surface area contributed by atoms with Crippen LogP contribution in [-0.2, 0) is 38.0 Å². The summed E-state index contributed by atoms with van der Waals surface area (Å²) in [7, 11) is 0. The van der Waals surface area contributed by atoms with Crippen LogP contribution in [0.1, 0.15) is 47.0 Å². The van der Waals surface area contributed by atoms with Crippen molar-refractivity contribution in [2.45, 2.75) is 89.2 Å². The van der Waals surface area contributed by atoms with E-state index in [0.717, 1.165) is 30.4 Å². The second-order valence-corrected chi connectivity index (χ2v) is 10.9. The van der Waals surface area contributed by atoms with E-state index in [4.69, 9.17) is 37.9 Å². The molecule has 0 spiro atoms. The number of esters is 1. The van der Waals surface area contributed by atoms with Gasteiger partial charge in [-0.15, -0.1) is 0 Å². The molecule has 0 bridgehead atoms. The van der Waals surface area contributed by atoms with Crippen LogP contribution in [0.25, 0.3) is 10.8 Å². The predicted octanol–water partition coefficient (Wildman–Crippen LogP) is 4.35. The Hall–Kier alpha value is -2.27. The molecular formula is C29H38O9. The fraction of sp³-hybridized carbons (Fsp3) is 0.621. The van der Waals surface area contributed by atoms with Crippen molar-refractivity contribution >= 4 is 16.7 Å². The van der Waals surface area contributed by atoms with Gasteiger partial charge in [0.15, 0.2) is 17.9 Å². The summed E-state index contributed by atoms with van der Waals surface area (Å²) in [6.45, 7) is 8.43. The molecule has 0 amide bonds. The monoisotopic (exact) mass is 530 g/mol. The molecule has 2 aromatic carbocycles. The number of ether oxygens (including phenoxy) is 8. The van der Waals surface area contributed by atoms with Crippen LogP contribution in [0.5, 0.6) is 5.75 Å². The molecule has 0 aliphatic carbocycles. The smallest absolute Gasteiger partial charge is 0.332 e. The highest BCUT2D eigenvalue weighted by atomic mass is 16.8. The molecule has 2 aromatic rings. The molecule has 9 nitrogen and oxygen atoms in total. The maximum atomic E-state index is 12.4. The molecule has 0 unspecified atom stereocenters. The number of unbranched alkanes of at least 4 members (excludes halogenated alkanes) is 2. The average Bonchev–Trinajstić information content (AvgIpc) is 3.50. The van der Waals surface area contributed by atoms with Crippen LogP contribution in [0, 0.1) is 0 Å². The van der Waals surface area contributed by atoms with Crippen LogP contribution in [0.2, 0.25) is 0 Å². The van der Waals surface area contributed by atoms with Gasteiger partial charge in [0.1, 0.15) is 36.8 Å². The summed E-state index contributed by atoms with van der Waals surface area (Å²) < 4.78 is 46.9. The van der Waals surface area contributed by atoms with E-state index in [1.165, 1.54) is 5.39 Å². The minimum atomic E-state index is -0.799. The van der Waals surface area contributed by atoms with E-state index in [2.05, 4.69) is 24.3 Å². The molecule has 3 aliphatic rings. The highest BCUT2D eigenvalue weighted by molar-refractivity contribution is 5.83. The lowest BCUT2D eigenvalue weighted by atomic mass is 10.1. The number of hydrogen-bond donors (Lipinski definition) is 0. The molecule has 5 atom stereocenters. The highest BCUT2D eigenvalue weighted by Crippen LogP contribution is 2.41. The van der Waals surface area contributed by atoms with E-state index >= 15 is 0 Å². The normalized spacial score (nSPS) is 29.4. The van der Waals surface area contributed by atoms with Crippen LogP contribution < -0.4 is 4.74 Å². The molecule has 0 aromatic heterocycles. The fourth-order valence-electron chi connectivity index (χ4n) is 5.09. The molecule has 5 rings (SSSR count). The van der Waals surface area contributed by atoms with Gasteiger partial charge in [-0.1, -0.05) is 30.3 Å². The van der Waals surface area contributed by atoms with Gasteiger partial charge in [-0.25, -0.2) is 4.79 Å². The molecule has 3 fully saturated rings. The summed E-state index contributed by atoms with van der Waals surface area (Å²) >= 11 is 0. The first-order valence-corrected chi connectivity index (χ1v) is 13.4. The summed E-state index contributed by atoms with van der Waals surface area (Å²) in [5.41, 5.74) is 0. The third-order valence-electron chi connectivity index (χ3n) is 6.86. The second-order valence-electron chi connectivity index (χ2n) is 10.9. The average molecular weight is 531 g/mol. The molecular weight excluding hydrogens is 492 g/mol. The van der Waals surface area contributed by atoms with Gasteiger partial charge in [0, 0.05) is 0 Å². The van der Waals surface area contributed by atoms with Gasteiger partial charge in [-0.05, 0) is 69.9 Å². The Morgan fingerprint density at radius 1 is 0.895 bits per heavy atom. The Labute approximate surface area is 223 Å². The zero-order chi connectivity index (χ0) is 26.8. The molecule has 208 valence electrons. The molecule has 3 heterocycles. The van der Waals surface area contributed by atoms with E-state index in [1.54, 1.807) is 0 Å². The fourth-order valence-corrected chi connectivity index (χ4v) is 5.09. The van der Waals surface area contributed by atoms with Gasteiger partial charge in [0.25, 0.3) is 0 Å². The molecule has 38 heavy (non-hydrogen) atoms. The van der Waals surface area contributed by atoms with Crippen molar-refractivity contribution < 1.29 is 42.7 Å². The summed E-state index contributed by atoms with van der Waals surface area (Å²) in [6.07, 6.45) is 0.0426. The van der Waals surface area contributed by atoms with Crippen LogP contribution >= 0.6 is 0 Å². The van der Waals surface area contributed by atoms with Gasteiger partial charge < -0.3 is 37.9 Å². The second kappa shape index (κ2) is 11.5. The van der Waals surface area contributed by atoms with E-state index in [-0.39, 0.29) is 12.7 Å². The van der Waals surface area contributed by atoms with Gasteiger partial charge in [0.2, 0.25) is 0 Å². The predicted molar refractivity (Wildman–Crippen MR) is 138 cm³/mol. The summed E-state index contributed by atoms with van der Waals surface area (Å²) in [4.78, 5) is 12.4. The molecule has 0 N–H and O–H groups in total. The van der Waals surface area contributed by atoms with E-state index in [1.807, 2.05) is 45.9 Å². The first kappa shape index (κ1) is 27.3. The highest BCUT2D eigenvalue weighted by Gasteiger charge is 2.59. The third-order valence-corrected chi connectivity index (χ3v) is 6.86. The molecule has 3 aliphatic heterocycles. The van der Waals surface area contributed by atoms with E-state index in [9.17, 15) is 4.79 Å². The Morgan fingerprint density at radius 2 is 1.68 bits per heavy atom. The zero-order valence-corrected chi connectivity index (χ0v) is 22.6. The summed E-state index contributed by atoms with van der Waals surface area (Å²) in [6, 6.07) is 14.3. The van der Waals surface area contributed by atoms with Crippen molar-refractivity contribution in [1.29, 1.82) is 0 Å². The first-order chi connectivity index (χ1) is 18.2. The maximum Gasteiger partial charge on any atom is 0.332 e. The number of rotatable bonds is 11. The van der Waals surface area contributed by atoms with Crippen molar-refractivity contribution in [1.82, 2.24) is 0 Å². The first-order valence-electron chi connectivity index (χ1n) is 13.4. The number of carbonyl (C=O) groups excluding carboxylic acids is 1. The molecule has 3 saturated heterocycles. The lowest BCUT2D eigenvalue weighted by Crippen LogP contribution is -2.45. The summed E-state index contributed by atoms with van der Waals surface area (Å²) in [5.74, 6) is -1.08. The Bertz CT molecular complexity index is 1100. The SMILES string of the molecule is CC1(C)O[C@H]2O[C@H]([C@H]3COC(C)(C)O3)[C@H](OCC(=O)OCCCCCOc3ccc4ccccc4c3)[C@H]2O1. The van der Waals surface area contributed by atoms with Crippen LogP contribution in [0.4, 0.5) is 0 Å². The quantitative estimate of drug-likeness (QED) is 0.311. The topological polar surface area (TPSA) is 90.9 Å². The van der Waals surface area contributed by atoms with Gasteiger partial charge in [-0.3, -0.25) is 0 Å². The number of benzene rings is 2. The standard InChI is InChI=1S/C29H38O9/c1-28(2)34-17-22(36-28)24-25(26-27(35-24)38-29(3,4)37-26)33-18-23(30)32-15-9-5-8-14-31-21-13-12-19-10-6-7-11-20(19)16-21/h6-7,10-13,16,22,24-27H,5,8-9,14-15,17-18H2,1-4H3/t22-,24-,25+,26-,27-/m1/s1. The van der Waals surface area contributed by atoms with Gasteiger partial charge in [-0.2, -0.15) is 0 Å². The number of hydrogen-bond acceptors (Lipinski definition) is 9. The Kier molecular flexibility index (Phi) is 8.23. The van der Waals surface area contributed by atoms with Crippen molar-refractivity contribution in [2.75, 3.05) is 26.4 Å². The molecule has 0 saturated carbocycles. The van der Waals surface area contributed by atoms with E-state index < -0.39 is 42.1 Å². The van der Waals surface area contributed by atoms with E-state index in [0.29, 0.717) is 19.8 Å². The number of fused-ring (bicyclic) bond motifs is 2. The lowest BCUT2D eigenvalue weighted by molar-refractivity contribution is -0.236. The van der Waals surface area contributed by atoms with Gasteiger partial charge >= 0.3 is 5.97 Å². The maximum absolute atomic E-state index is 12.4. The van der Waals surface area contributed by atoms with Crippen LogP contribution in [0.15, 0.2) is 42.5 Å². The lowest BCUT2D eigenvalue weighted by Gasteiger charge is -2.28. The number of carbonyl (C=O) groups is 1. The third kappa shape index (κ3) is 6.65.